The van der Waals surface area contributed by atoms with Crippen LogP contribution in [0.15, 0.2) is 196 Å². The second-order valence-electron chi connectivity index (χ2n) is 19.4. The third kappa shape index (κ3) is 43.3. The van der Waals surface area contributed by atoms with Gasteiger partial charge in [0.1, 0.15) is 52.0 Å². The van der Waals surface area contributed by atoms with Crippen molar-refractivity contribution >= 4 is 39.8 Å². The number of carboxylic acids is 1. The summed E-state index contributed by atoms with van der Waals surface area (Å²) in [4.78, 5) is 49.3. The van der Waals surface area contributed by atoms with Gasteiger partial charge in [0.25, 0.3) is 0 Å². The van der Waals surface area contributed by atoms with Gasteiger partial charge in [-0.05, 0) is 160 Å². The van der Waals surface area contributed by atoms with Crippen molar-refractivity contribution < 1.29 is 119 Å². The second-order valence-corrected chi connectivity index (χ2v) is 20.0. The van der Waals surface area contributed by atoms with Crippen LogP contribution in [-0.2, 0) is 71.4 Å². The smallest absolute Gasteiger partial charge is 0.870 e. The van der Waals surface area contributed by atoms with Crippen LogP contribution in [0.25, 0.3) is 26.4 Å². The predicted octanol–water partition coefficient (Wildman–Crippen LogP) is 5.87. The van der Waals surface area contributed by atoms with Crippen LogP contribution in [0.5, 0.6) is 0 Å². The van der Waals surface area contributed by atoms with E-state index >= 15 is 0 Å². The van der Waals surface area contributed by atoms with Crippen molar-refractivity contribution in [2.75, 3.05) is 19.8 Å². The van der Waals surface area contributed by atoms with Crippen molar-refractivity contribution in [1.82, 2.24) is 20.0 Å². The number of ether oxygens (including phenoxy) is 3. The first kappa shape index (κ1) is 104. The van der Waals surface area contributed by atoms with Crippen molar-refractivity contribution in [3.05, 3.63) is 286 Å². The summed E-state index contributed by atoms with van der Waals surface area (Å²) in [5.41, 5.74) is 48.8. The molecule has 0 aromatic heterocycles. The van der Waals surface area contributed by atoms with E-state index in [1.165, 1.54) is 94.6 Å². The molecule has 36 heteroatoms. The molecule has 0 aliphatic carbocycles. The van der Waals surface area contributed by atoms with Crippen molar-refractivity contribution in [3.8, 4) is 0 Å². The van der Waals surface area contributed by atoms with Gasteiger partial charge in [0.15, 0.2) is 5.70 Å². The van der Waals surface area contributed by atoms with Gasteiger partial charge in [0.2, 0.25) is 0 Å². The van der Waals surface area contributed by atoms with E-state index in [1.54, 1.807) is 108 Å². The maximum Gasteiger partial charge on any atom is 1.00 e. The maximum absolute atomic E-state index is 13.1. The van der Waals surface area contributed by atoms with Crippen LogP contribution in [0, 0.1) is 34.9 Å². The van der Waals surface area contributed by atoms with E-state index < -0.39 is 23.9 Å². The van der Waals surface area contributed by atoms with E-state index in [4.69, 9.17) is 82.2 Å². The Hall–Kier alpha value is -9.36. The SMILES string of the molecule is C.C.C/C(=C(/N)C(=O)O)N(N)Cc1cccc(F)c1.CCOC(=O)/C(=C(\C)N)N(N)Cc1cccc(F)c1.CCOC(=O)/C(N)=C(\C)N(N)Cc1cccc(F)c1.CCOC(=O)/C(N)=C(\C)N(N)Cc1cccc(F)c1.Fc1cccc(CBr)c1.[Li+].[N-]=[N+]=NCc1cccc(F)c1.[N-]=[N+]=[N-].[Na+].[OH-]. The van der Waals surface area contributed by atoms with Gasteiger partial charge in [0, 0.05) is 15.9 Å². The molecule has 0 amide bonds. The number of carbonyl (C=O) groups is 4. The zero-order valence-corrected chi connectivity index (χ0v) is 60.3. The molecule has 6 rings (SSSR count). The quantitative estimate of drug-likeness (QED) is 0.00328. The molecular formula is C66H89BrF6LiN18NaO9. The van der Waals surface area contributed by atoms with Crippen molar-refractivity contribution in [2.45, 2.75) is 101 Å². The van der Waals surface area contributed by atoms with Gasteiger partial charge in [-0.15, -0.1) is 0 Å². The number of nitrogens with zero attached hydrogens (tertiary/aromatic N) is 10. The number of alkyl halides is 1. The first-order valence-electron chi connectivity index (χ1n) is 28.6. The molecular weight excluding hydrogens is 1410 g/mol. The Morgan fingerprint density at radius 3 is 0.961 bits per heavy atom. The topological polar surface area (TPSA) is 475 Å². The number of halogens is 7. The van der Waals surface area contributed by atoms with E-state index in [2.05, 4.69) is 26.0 Å². The molecule has 0 radical (unpaired) electrons. The Kier molecular flexibility index (Phi) is 59.2. The Morgan fingerprint density at radius 2 is 0.716 bits per heavy atom. The molecule has 0 atom stereocenters. The molecule has 0 fully saturated rings. The van der Waals surface area contributed by atoms with Crippen LogP contribution in [0.2, 0.25) is 0 Å². The van der Waals surface area contributed by atoms with Crippen molar-refractivity contribution in [1.29, 1.82) is 0 Å². The van der Waals surface area contributed by atoms with E-state index in [0.29, 0.717) is 44.5 Å². The van der Waals surface area contributed by atoms with Crippen molar-refractivity contribution in [2.24, 2.45) is 51.4 Å². The number of carboxylic acid groups (broad SMARTS) is 1. The number of aliphatic carboxylic acids is 1. The summed E-state index contributed by atoms with van der Waals surface area (Å²) in [5.74, 6) is 18.1. The molecule has 0 saturated carbocycles. The molecule has 102 heavy (non-hydrogen) atoms. The van der Waals surface area contributed by atoms with Gasteiger partial charge in [-0.2, -0.15) is 0 Å². The van der Waals surface area contributed by atoms with Crippen LogP contribution in [0.1, 0.15) is 96.7 Å². The van der Waals surface area contributed by atoms with Gasteiger partial charge in [-0.1, -0.05) is 109 Å². The fraction of sp³-hybridized carbons (Fsp3) is 0.273. The molecule has 0 saturated heterocycles. The van der Waals surface area contributed by atoms with Gasteiger partial charge >= 0.3 is 72.3 Å². The number of hydrogen-bond donors (Lipinski definition) is 9. The van der Waals surface area contributed by atoms with Crippen LogP contribution >= 0.6 is 15.9 Å². The van der Waals surface area contributed by atoms with Crippen LogP contribution in [0.4, 0.5) is 26.3 Å². The van der Waals surface area contributed by atoms with Gasteiger partial charge < -0.3 is 73.8 Å². The normalized spacial score (nSPS) is 10.5. The average molecular weight is 1500 g/mol. The van der Waals surface area contributed by atoms with E-state index in [-0.39, 0.29) is 190 Å². The Labute approximate surface area is 632 Å². The molecule has 6 aromatic carbocycles. The molecule has 6 aromatic rings. The van der Waals surface area contributed by atoms with E-state index in [9.17, 15) is 45.5 Å². The minimum absolute atomic E-state index is 0. The number of nitrogens with two attached hydrogens (primary N) is 8. The number of azide groups is 1. The number of allylic oxidation sites excluding steroid dienone is 4. The summed E-state index contributed by atoms with van der Waals surface area (Å²) >= 11 is 3.22. The third-order valence-corrected chi connectivity index (χ3v) is 12.7. The number of hydrogen-bond acceptors (Lipinski definition) is 21. The number of rotatable bonds is 22. The monoisotopic (exact) mass is 1500 g/mol. The standard InChI is InChI=1S/3C13H18FN3O2.C11H14FN3O2.C7H6BrF.C7H6FN3.2CH4.Li.N3.Na.H2O/c2*1-3-19-13(18)12(15)9(2)17(16)8-10-5-4-6-11(14)7-10;1-3-19-13(18)12(9(2)15)17(16)8-10-5-4-6-11(14)7-10;1-7(10(13)11(16)17)15(14)6-8-3-2-4-9(12)5-8;8-5-6-2-1-3-7(9)4-6;8-7-3-1-2-6(4-7)5-10-11-9;;;;1-3-2;;/h3*4-7H,3,8,15-16H2,1-2H3;2-5H,6,13-14H2,1H3,(H,16,17);1-4H,5H2;1-4H,5H2;2*1H4;;;;1H2/q;;;;;;;;+1;-1;+1;/p-1/b3*12-9-;10-7-;;;;;;;;. The van der Waals surface area contributed by atoms with Crippen LogP contribution in [0.3, 0.4) is 0 Å². The van der Waals surface area contributed by atoms with Gasteiger partial charge in [-0.3, -0.25) is 9.92 Å². The summed E-state index contributed by atoms with van der Waals surface area (Å²) < 4.78 is 91.3. The van der Waals surface area contributed by atoms with Gasteiger partial charge in [-0.25, -0.2) is 68.9 Å². The summed E-state index contributed by atoms with van der Waals surface area (Å²) in [6.45, 7) is 13.0. The van der Waals surface area contributed by atoms with E-state index in [1.807, 2.05) is 6.07 Å². The summed E-state index contributed by atoms with van der Waals surface area (Å²) in [6, 6.07) is 36.4. The zero-order chi connectivity index (χ0) is 73.7. The maximum atomic E-state index is 13.1. The molecule has 27 nitrogen and oxygen atoms in total. The molecule has 0 unspecified atom stereocenters. The number of carbonyl (C=O) groups excluding carboxylic acids is 3. The summed E-state index contributed by atoms with van der Waals surface area (Å²) in [5, 5.41) is 17.6. The van der Waals surface area contributed by atoms with Crippen molar-refractivity contribution in [3.63, 3.8) is 0 Å². The first-order valence-corrected chi connectivity index (χ1v) is 29.7. The summed E-state index contributed by atoms with van der Waals surface area (Å²) in [7, 11) is 0. The summed E-state index contributed by atoms with van der Waals surface area (Å²) in [6.07, 6.45) is 0. The Balaban J connectivity index is -0.000000270. The van der Waals surface area contributed by atoms with E-state index in [0.717, 1.165) is 15.6 Å². The molecule has 0 bridgehead atoms. The molecule has 0 aliphatic rings. The third-order valence-electron chi connectivity index (χ3n) is 12.0. The first-order chi connectivity index (χ1) is 45.8. The van der Waals surface area contributed by atoms with Gasteiger partial charge in [0.05, 0.1) is 69.6 Å². The average Bonchev–Trinajstić information content (AvgIpc) is 1.19. The molecule has 0 aliphatic heterocycles. The van der Waals surface area contributed by atoms with Crippen LogP contribution in [-0.4, -0.2) is 74.3 Å². The number of esters is 3. The Morgan fingerprint density at radius 1 is 0.471 bits per heavy atom. The van der Waals surface area contributed by atoms with Crippen LogP contribution < -0.4 is 94.7 Å². The fourth-order valence-corrected chi connectivity index (χ4v) is 7.52. The number of benzene rings is 6. The zero-order valence-electron chi connectivity index (χ0n) is 56.7. The molecule has 18 N–H and O–H groups in total. The molecule has 0 spiro atoms. The molecule has 0 heterocycles. The largest absolute Gasteiger partial charge is 1.00 e. The minimum atomic E-state index is -1.24. The molecule has 548 valence electrons. The number of hydrazine groups is 4. The minimum Gasteiger partial charge on any atom is -0.870 e. The Bertz CT molecular complexity index is 3630. The second kappa shape index (κ2) is 58.3. The fourth-order valence-electron chi connectivity index (χ4n) is 7.17. The predicted molar refractivity (Wildman–Crippen MR) is 373 cm³/mol.